The van der Waals surface area contributed by atoms with E-state index in [2.05, 4.69) is 25.6 Å². The molecule has 1 amide bonds. The van der Waals surface area contributed by atoms with Gasteiger partial charge in [0.15, 0.2) is 0 Å². The number of thiocarbonyl (C=S) groups is 1. The molecule has 1 unspecified atom stereocenters. The molecule has 1 fully saturated rings. The lowest BCUT2D eigenvalue weighted by molar-refractivity contribution is -0.148. The fourth-order valence-electron chi connectivity index (χ4n) is 3.64. The summed E-state index contributed by atoms with van der Waals surface area (Å²) in [6, 6.07) is -1.70. The summed E-state index contributed by atoms with van der Waals surface area (Å²) in [5, 5.41) is 29.9. The number of H-pyrrole nitrogens is 1. The largest absolute Gasteiger partial charge is 0.480 e. The van der Waals surface area contributed by atoms with Crippen LogP contribution < -0.4 is 11.1 Å². The summed E-state index contributed by atoms with van der Waals surface area (Å²) in [4.78, 5) is 44.7. The van der Waals surface area contributed by atoms with Gasteiger partial charge in [-0.3, -0.25) is 19.2 Å². The van der Waals surface area contributed by atoms with Crippen LogP contribution in [0.2, 0.25) is 0 Å². The monoisotopic (exact) mass is 538 g/mol. The van der Waals surface area contributed by atoms with Gasteiger partial charge in [-0.1, -0.05) is 29.2 Å². The summed E-state index contributed by atoms with van der Waals surface area (Å²) in [5.74, 6) is -1.29. The van der Waals surface area contributed by atoms with Crippen LogP contribution in [-0.2, 0) is 34.3 Å². The standard InChI is InChI=1S/C19H22N8O5S3/c1-26-5-13(24-25-26)34-6-8-7-35-17-14(16(28)27(17)15(8)19(31)32)23-12(33)3-11-21-4-9(22-11)2-10(20)18(29)30/h4-5,10,14,17H,2-3,6-7,20H2,1H3,(H,21,22)(H,23,33)(H,29,30)(H,31,32)/t10?,14-,17+/m1/s1. The normalized spacial score (nSPS) is 20.3. The highest BCUT2D eigenvalue weighted by Crippen LogP contribution is 2.41. The van der Waals surface area contributed by atoms with Crippen LogP contribution in [-0.4, -0.2) is 91.9 Å². The van der Waals surface area contributed by atoms with Gasteiger partial charge in [0.1, 0.15) is 34.0 Å². The molecule has 2 aromatic rings. The summed E-state index contributed by atoms with van der Waals surface area (Å²) >= 11 is 8.22. The number of β-lactam (4-membered cyclic amide) rings is 1. The number of aromatic amines is 1. The summed E-state index contributed by atoms with van der Waals surface area (Å²) in [7, 11) is 1.75. The first-order valence-corrected chi connectivity index (χ1v) is 12.8. The van der Waals surface area contributed by atoms with E-state index >= 15 is 0 Å². The Morgan fingerprint density at radius 1 is 1.46 bits per heavy atom. The second-order valence-electron chi connectivity index (χ2n) is 7.90. The molecule has 6 N–H and O–H groups in total. The number of thioether (sulfide) groups is 2. The molecule has 1 saturated heterocycles. The zero-order valence-corrected chi connectivity index (χ0v) is 20.8. The minimum atomic E-state index is -1.15. The van der Waals surface area contributed by atoms with Gasteiger partial charge in [0, 0.05) is 31.2 Å². The van der Waals surface area contributed by atoms with Crippen LogP contribution in [0.25, 0.3) is 0 Å². The lowest BCUT2D eigenvalue weighted by Crippen LogP contribution is -2.70. The van der Waals surface area contributed by atoms with Crippen molar-refractivity contribution in [2.24, 2.45) is 12.8 Å². The van der Waals surface area contributed by atoms with E-state index in [1.807, 2.05) is 0 Å². The number of aliphatic carboxylic acids is 2. The molecule has 35 heavy (non-hydrogen) atoms. The lowest BCUT2D eigenvalue weighted by Gasteiger charge is -2.49. The predicted octanol–water partition coefficient (Wildman–Crippen LogP) is -0.633. The maximum Gasteiger partial charge on any atom is 0.352 e. The number of carbonyl (C=O) groups is 3. The van der Waals surface area contributed by atoms with Gasteiger partial charge in [0.05, 0.1) is 23.3 Å². The van der Waals surface area contributed by atoms with Crippen molar-refractivity contribution in [3.05, 3.63) is 35.2 Å². The SMILES string of the molecule is Cn1cc(SCC2=C(C(=O)O)N3C(=O)[C@@H](NC(=S)Cc4nc(CC(N)C(=O)O)c[nH]4)[C@@H]3SC2)nn1. The van der Waals surface area contributed by atoms with E-state index in [0.717, 1.165) is 0 Å². The number of nitrogens with zero attached hydrogens (tertiary/aromatic N) is 5. The number of nitrogens with two attached hydrogens (primary N) is 1. The number of carbonyl (C=O) groups excluding carboxylic acids is 1. The minimum absolute atomic E-state index is 0.00422. The fourth-order valence-corrected chi connectivity index (χ4v) is 6.26. The third kappa shape index (κ3) is 5.50. The van der Waals surface area contributed by atoms with Crippen LogP contribution in [0.4, 0.5) is 0 Å². The fraction of sp³-hybridized carbons (Fsp3) is 0.421. The summed E-state index contributed by atoms with van der Waals surface area (Å²) in [6.45, 7) is 0. The van der Waals surface area contributed by atoms with Crippen molar-refractivity contribution < 1.29 is 24.6 Å². The number of aromatic nitrogens is 5. The number of amides is 1. The molecule has 186 valence electrons. The number of fused-ring (bicyclic) bond motifs is 1. The Morgan fingerprint density at radius 3 is 2.89 bits per heavy atom. The van der Waals surface area contributed by atoms with Crippen LogP contribution in [0.5, 0.6) is 0 Å². The van der Waals surface area contributed by atoms with Gasteiger partial charge in [0.25, 0.3) is 5.91 Å². The first-order chi connectivity index (χ1) is 16.6. The average Bonchev–Trinajstić information content (AvgIpc) is 3.43. The van der Waals surface area contributed by atoms with E-state index in [-0.39, 0.29) is 24.4 Å². The van der Waals surface area contributed by atoms with Crippen molar-refractivity contribution in [3.63, 3.8) is 0 Å². The molecule has 0 bridgehead atoms. The molecule has 3 atom stereocenters. The number of hydrogen-bond acceptors (Lipinski definition) is 10. The number of carboxylic acid groups (broad SMARTS) is 2. The van der Waals surface area contributed by atoms with Crippen molar-refractivity contribution in [1.82, 2.24) is 35.2 Å². The summed E-state index contributed by atoms with van der Waals surface area (Å²) in [6.07, 6.45) is 3.59. The second kappa shape index (κ2) is 10.3. The molecule has 2 aromatic heterocycles. The summed E-state index contributed by atoms with van der Waals surface area (Å²) in [5.41, 5.74) is 6.67. The van der Waals surface area contributed by atoms with Gasteiger partial charge < -0.3 is 26.2 Å². The number of rotatable bonds is 10. The van der Waals surface area contributed by atoms with Gasteiger partial charge in [-0.15, -0.1) is 16.9 Å². The van der Waals surface area contributed by atoms with Crippen molar-refractivity contribution in [1.29, 1.82) is 0 Å². The smallest absolute Gasteiger partial charge is 0.352 e. The van der Waals surface area contributed by atoms with E-state index in [1.54, 1.807) is 24.1 Å². The van der Waals surface area contributed by atoms with Crippen molar-refractivity contribution >= 4 is 58.6 Å². The molecule has 0 saturated carbocycles. The Bertz CT molecular complexity index is 1210. The zero-order chi connectivity index (χ0) is 25.3. The van der Waals surface area contributed by atoms with Crippen LogP contribution in [0.3, 0.4) is 0 Å². The molecule has 0 aliphatic carbocycles. The van der Waals surface area contributed by atoms with E-state index in [0.29, 0.717) is 38.6 Å². The number of carboxylic acids is 2. The minimum Gasteiger partial charge on any atom is -0.480 e. The average molecular weight is 539 g/mol. The summed E-state index contributed by atoms with van der Waals surface area (Å²) < 4.78 is 1.56. The van der Waals surface area contributed by atoms with E-state index < -0.39 is 29.4 Å². The quantitative estimate of drug-likeness (QED) is 0.146. The highest BCUT2D eigenvalue weighted by molar-refractivity contribution is 8.01. The van der Waals surface area contributed by atoms with Gasteiger partial charge in [0.2, 0.25) is 0 Å². The molecule has 0 spiro atoms. The Morgan fingerprint density at radius 2 is 2.23 bits per heavy atom. The molecule has 13 nitrogen and oxygen atoms in total. The van der Waals surface area contributed by atoms with Crippen molar-refractivity contribution in [2.75, 3.05) is 11.5 Å². The van der Waals surface area contributed by atoms with Crippen LogP contribution >= 0.6 is 35.7 Å². The van der Waals surface area contributed by atoms with Gasteiger partial charge >= 0.3 is 11.9 Å². The van der Waals surface area contributed by atoms with Gasteiger partial charge in [-0.2, -0.15) is 0 Å². The lowest BCUT2D eigenvalue weighted by atomic mass is 10.0. The van der Waals surface area contributed by atoms with Crippen LogP contribution in [0, 0.1) is 0 Å². The van der Waals surface area contributed by atoms with Crippen LogP contribution in [0.1, 0.15) is 11.5 Å². The second-order valence-corrected chi connectivity index (χ2v) is 10.5. The topological polar surface area (TPSA) is 192 Å². The zero-order valence-electron chi connectivity index (χ0n) is 18.4. The first-order valence-electron chi connectivity index (χ1n) is 10.3. The van der Waals surface area contributed by atoms with Crippen molar-refractivity contribution in [3.8, 4) is 0 Å². The molecule has 0 radical (unpaired) electrons. The molecular formula is C19H22N8O5S3. The number of nitrogens with one attached hydrogen (secondary N) is 2. The predicted molar refractivity (Wildman–Crippen MR) is 131 cm³/mol. The first kappa shape index (κ1) is 25.2. The van der Waals surface area contributed by atoms with E-state index in [4.69, 9.17) is 23.1 Å². The number of imidazole rings is 1. The Labute approximate surface area is 212 Å². The third-order valence-corrected chi connectivity index (χ3v) is 7.88. The Balaban J connectivity index is 1.36. The maximum atomic E-state index is 12.9. The molecular weight excluding hydrogens is 516 g/mol. The Kier molecular flexibility index (Phi) is 7.44. The molecule has 4 heterocycles. The van der Waals surface area contributed by atoms with E-state index in [9.17, 15) is 19.5 Å². The molecule has 2 aliphatic heterocycles. The Hall–Kier alpha value is -2.95. The molecule has 16 heteroatoms. The van der Waals surface area contributed by atoms with Crippen LogP contribution in [0.15, 0.2) is 28.7 Å². The van der Waals surface area contributed by atoms with Gasteiger partial charge in [-0.25, -0.2) is 9.78 Å². The molecule has 2 aliphatic rings. The third-order valence-electron chi connectivity index (χ3n) is 5.30. The highest BCUT2D eigenvalue weighted by atomic mass is 32.2. The van der Waals surface area contributed by atoms with E-state index in [1.165, 1.54) is 28.4 Å². The van der Waals surface area contributed by atoms with Crippen molar-refractivity contribution in [2.45, 2.75) is 35.3 Å². The highest BCUT2D eigenvalue weighted by Gasteiger charge is 2.53. The maximum absolute atomic E-state index is 12.9. The molecule has 4 rings (SSSR count). The van der Waals surface area contributed by atoms with Gasteiger partial charge in [-0.05, 0) is 5.57 Å². The molecule has 0 aromatic carbocycles. The number of hydrogen-bond donors (Lipinski definition) is 5. The number of aryl methyl sites for hydroxylation is 1.